The van der Waals surface area contributed by atoms with E-state index in [1.165, 1.54) is 24.0 Å². The predicted molar refractivity (Wildman–Crippen MR) is 81.2 cm³/mol. The molecule has 1 atom stereocenters. The van der Waals surface area contributed by atoms with E-state index < -0.39 is 0 Å². The zero-order chi connectivity index (χ0) is 13.5. The van der Waals surface area contributed by atoms with E-state index in [0.717, 1.165) is 12.5 Å². The zero-order valence-electron chi connectivity index (χ0n) is 12.7. The third-order valence-electron chi connectivity index (χ3n) is 3.56. The van der Waals surface area contributed by atoms with E-state index in [4.69, 9.17) is 0 Å². The molecular formula is C17H29N. The second-order valence-corrected chi connectivity index (χ2v) is 5.94. The smallest absolute Gasteiger partial charge is 0.00104 e. The molecule has 0 aliphatic carbocycles. The van der Waals surface area contributed by atoms with Gasteiger partial charge in [-0.25, -0.2) is 0 Å². The van der Waals surface area contributed by atoms with Crippen molar-refractivity contribution in [2.45, 2.75) is 59.4 Å². The molecule has 0 radical (unpaired) electrons. The van der Waals surface area contributed by atoms with Gasteiger partial charge >= 0.3 is 0 Å². The Hall–Kier alpha value is -0.820. The van der Waals surface area contributed by atoms with E-state index in [9.17, 15) is 0 Å². The van der Waals surface area contributed by atoms with Gasteiger partial charge in [-0.15, -0.1) is 0 Å². The lowest BCUT2D eigenvalue weighted by atomic mass is 9.94. The molecule has 0 spiro atoms. The van der Waals surface area contributed by atoms with Crippen LogP contribution in [0.3, 0.4) is 0 Å². The Morgan fingerprint density at radius 2 is 1.61 bits per heavy atom. The van der Waals surface area contributed by atoms with Crippen molar-refractivity contribution in [3.8, 4) is 0 Å². The molecule has 0 aromatic heterocycles. The van der Waals surface area contributed by atoms with Gasteiger partial charge in [-0.2, -0.15) is 0 Å². The van der Waals surface area contributed by atoms with Crippen LogP contribution in [-0.2, 0) is 6.42 Å². The van der Waals surface area contributed by atoms with Gasteiger partial charge in [-0.3, -0.25) is 0 Å². The Balaban J connectivity index is 2.53. The fraction of sp³-hybridized carbons (Fsp3) is 0.647. The lowest BCUT2D eigenvalue weighted by molar-refractivity contribution is 0.436. The third kappa shape index (κ3) is 5.22. The molecule has 1 rings (SSSR count). The molecule has 102 valence electrons. The van der Waals surface area contributed by atoms with Crippen LogP contribution in [0.5, 0.6) is 0 Å². The van der Waals surface area contributed by atoms with Crippen molar-refractivity contribution in [3.63, 3.8) is 0 Å². The normalized spacial score (nSPS) is 13.3. The van der Waals surface area contributed by atoms with E-state index in [1.807, 2.05) is 0 Å². The summed E-state index contributed by atoms with van der Waals surface area (Å²) in [5.74, 6) is 1.38. The van der Waals surface area contributed by atoms with Gasteiger partial charge in [-0.05, 0) is 35.9 Å². The van der Waals surface area contributed by atoms with Crippen molar-refractivity contribution in [1.82, 2.24) is 5.32 Å². The minimum Gasteiger partial charge on any atom is -0.314 e. The highest BCUT2D eigenvalue weighted by molar-refractivity contribution is 5.25. The molecule has 1 heteroatoms. The number of hydrogen-bond donors (Lipinski definition) is 1. The van der Waals surface area contributed by atoms with Gasteiger partial charge in [0.25, 0.3) is 0 Å². The van der Waals surface area contributed by atoms with Crippen molar-refractivity contribution in [3.05, 3.63) is 35.4 Å². The lowest BCUT2D eigenvalue weighted by Gasteiger charge is -2.18. The molecule has 18 heavy (non-hydrogen) atoms. The number of hydrogen-bond acceptors (Lipinski definition) is 1. The van der Waals surface area contributed by atoms with Crippen molar-refractivity contribution in [1.29, 1.82) is 0 Å². The van der Waals surface area contributed by atoms with E-state index in [0.29, 0.717) is 12.0 Å². The topological polar surface area (TPSA) is 12.0 Å². The molecule has 1 aromatic carbocycles. The molecule has 0 aliphatic rings. The van der Waals surface area contributed by atoms with Gasteiger partial charge in [0.05, 0.1) is 0 Å². The maximum absolute atomic E-state index is 3.55. The monoisotopic (exact) mass is 247 g/mol. The molecule has 0 fully saturated rings. The summed E-state index contributed by atoms with van der Waals surface area (Å²) in [5, 5.41) is 3.55. The largest absolute Gasteiger partial charge is 0.314 e. The van der Waals surface area contributed by atoms with E-state index in [-0.39, 0.29) is 0 Å². The van der Waals surface area contributed by atoms with Crippen LogP contribution in [0.2, 0.25) is 0 Å². The van der Waals surface area contributed by atoms with E-state index in [1.54, 1.807) is 0 Å². The highest BCUT2D eigenvalue weighted by Crippen LogP contribution is 2.17. The highest BCUT2D eigenvalue weighted by Gasteiger charge is 2.08. The van der Waals surface area contributed by atoms with Crippen molar-refractivity contribution in [2.24, 2.45) is 5.92 Å². The fourth-order valence-electron chi connectivity index (χ4n) is 2.14. The number of benzene rings is 1. The van der Waals surface area contributed by atoms with Crippen LogP contribution in [-0.4, -0.2) is 12.6 Å². The highest BCUT2D eigenvalue weighted by atomic mass is 14.9. The maximum atomic E-state index is 3.55. The first-order chi connectivity index (χ1) is 8.52. The first-order valence-electron chi connectivity index (χ1n) is 7.35. The van der Waals surface area contributed by atoms with Crippen LogP contribution in [0.1, 0.15) is 58.1 Å². The summed E-state index contributed by atoms with van der Waals surface area (Å²) >= 11 is 0. The van der Waals surface area contributed by atoms with E-state index >= 15 is 0 Å². The maximum Gasteiger partial charge on any atom is 0.00104 e. The molecule has 0 heterocycles. The Morgan fingerprint density at radius 1 is 1.00 bits per heavy atom. The summed E-state index contributed by atoms with van der Waals surface area (Å²) in [5.41, 5.74) is 2.91. The first kappa shape index (κ1) is 15.2. The average Bonchev–Trinajstić information content (AvgIpc) is 2.34. The van der Waals surface area contributed by atoms with Crippen molar-refractivity contribution in [2.75, 3.05) is 6.54 Å². The minimum absolute atomic E-state index is 0.586. The summed E-state index contributed by atoms with van der Waals surface area (Å²) < 4.78 is 0. The molecular weight excluding hydrogens is 218 g/mol. The van der Waals surface area contributed by atoms with Crippen LogP contribution in [0.4, 0.5) is 0 Å². The Bertz CT molecular complexity index is 324. The van der Waals surface area contributed by atoms with Gasteiger partial charge in [0.2, 0.25) is 0 Å². The van der Waals surface area contributed by atoms with Gasteiger partial charge in [0.15, 0.2) is 0 Å². The molecule has 0 bridgehead atoms. The summed E-state index contributed by atoms with van der Waals surface area (Å²) in [6.07, 6.45) is 2.43. The van der Waals surface area contributed by atoms with Gasteiger partial charge in [-0.1, -0.05) is 65.3 Å². The van der Waals surface area contributed by atoms with Gasteiger partial charge in [0.1, 0.15) is 0 Å². The standard InChI is InChI=1S/C17H29N/c1-6-15(12-18-14(4)5)11-16-7-9-17(10-8-16)13(2)3/h7-10,13-15,18H,6,11-12H2,1-5H3. The van der Waals surface area contributed by atoms with E-state index in [2.05, 4.69) is 64.2 Å². The molecule has 0 aliphatic heterocycles. The lowest BCUT2D eigenvalue weighted by Crippen LogP contribution is -2.29. The van der Waals surface area contributed by atoms with Crippen LogP contribution in [0.25, 0.3) is 0 Å². The summed E-state index contributed by atoms with van der Waals surface area (Å²) in [6, 6.07) is 9.74. The third-order valence-corrected chi connectivity index (χ3v) is 3.56. The second kappa shape index (κ2) is 7.58. The van der Waals surface area contributed by atoms with Crippen LogP contribution < -0.4 is 5.32 Å². The predicted octanol–water partition coefficient (Wildman–Crippen LogP) is 4.38. The average molecular weight is 247 g/mol. The van der Waals surface area contributed by atoms with Crippen LogP contribution >= 0.6 is 0 Å². The molecule has 1 unspecified atom stereocenters. The fourth-order valence-corrected chi connectivity index (χ4v) is 2.14. The number of rotatable bonds is 7. The quantitative estimate of drug-likeness (QED) is 0.754. The molecule has 1 N–H and O–H groups in total. The zero-order valence-corrected chi connectivity index (χ0v) is 12.7. The second-order valence-electron chi connectivity index (χ2n) is 5.94. The first-order valence-corrected chi connectivity index (χ1v) is 7.35. The summed E-state index contributed by atoms with van der Waals surface area (Å²) in [4.78, 5) is 0. The molecule has 1 aromatic rings. The van der Waals surface area contributed by atoms with Gasteiger partial charge in [0, 0.05) is 6.04 Å². The summed E-state index contributed by atoms with van der Waals surface area (Å²) in [7, 11) is 0. The Labute approximate surface area is 113 Å². The van der Waals surface area contributed by atoms with Crippen LogP contribution in [0, 0.1) is 5.92 Å². The summed E-state index contributed by atoms with van der Waals surface area (Å²) in [6.45, 7) is 12.3. The molecule has 0 amide bonds. The van der Waals surface area contributed by atoms with Crippen molar-refractivity contribution < 1.29 is 0 Å². The SMILES string of the molecule is CCC(CNC(C)C)Cc1ccc(C(C)C)cc1. The van der Waals surface area contributed by atoms with Crippen molar-refractivity contribution >= 4 is 0 Å². The minimum atomic E-state index is 0.586. The Kier molecular flexibility index (Phi) is 6.42. The van der Waals surface area contributed by atoms with Crippen LogP contribution in [0.15, 0.2) is 24.3 Å². The molecule has 0 saturated carbocycles. The van der Waals surface area contributed by atoms with Gasteiger partial charge < -0.3 is 5.32 Å². The number of nitrogens with one attached hydrogen (secondary N) is 1. The Morgan fingerprint density at radius 3 is 2.06 bits per heavy atom. The molecule has 0 saturated heterocycles. The molecule has 1 nitrogen and oxygen atoms in total.